The van der Waals surface area contributed by atoms with Crippen LogP contribution < -0.4 is 5.73 Å². The van der Waals surface area contributed by atoms with Gasteiger partial charge in [0.2, 0.25) is 0 Å². The Hall–Kier alpha value is -1.91. The highest BCUT2D eigenvalue weighted by molar-refractivity contribution is 5.72. The third kappa shape index (κ3) is 2.50. The third-order valence-electron chi connectivity index (χ3n) is 2.53. The SMILES string of the molecule is CC(C)Cn1cc(N)c(-c2cc(F)ccc2F)n1. The number of nitrogens with two attached hydrogens (primary N) is 1. The molecule has 1 aromatic carbocycles. The number of hydrogen-bond donors (Lipinski definition) is 1. The zero-order valence-corrected chi connectivity index (χ0v) is 10.3. The second-order valence-electron chi connectivity index (χ2n) is 4.67. The standard InChI is InChI=1S/C13H15F2N3/c1-8(2)6-18-7-12(16)13(17-18)10-5-9(14)3-4-11(10)15/h3-5,7-8H,6,16H2,1-2H3. The molecule has 0 unspecified atom stereocenters. The van der Waals surface area contributed by atoms with Gasteiger partial charge in [0, 0.05) is 18.3 Å². The highest BCUT2D eigenvalue weighted by atomic mass is 19.1. The van der Waals surface area contributed by atoms with E-state index in [0.717, 1.165) is 18.2 Å². The van der Waals surface area contributed by atoms with Crippen LogP contribution >= 0.6 is 0 Å². The first-order chi connectivity index (χ1) is 8.47. The molecule has 0 fully saturated rings. The summed E-state index contributed by atoms with van der Waals surface area (Å²) in [6, 6.07) is 3.25. The minimum atomic E-state index is -0.530. The smallest absolute Gasteiger partial charge is 0.132 e. The highest BCUT2D eigenvalue weighted by Gasteiger charge is 2.14. The predicted molar refractivity (Wildman–Crippen MR) is 66.8 cm³/mol. The van der Waals surface area contributed by atoms with Crippen molar-refractivity contribution in [2.75, 3.05) is 5.73 Å². The Morgan fingerprint density at radius 2 is 2.06 bits per heavy atom. The summed E-state index contributed by atoms with van der Waals surface area (Å²) in [4.78, 5) is 0. The predicted octanol–water partition coefficient (Wildman–Crippen LogP) is 3.07. The number of aromatic nitrogens is 2. The summed E-state index contributed by atoms with van der Waals surface area (Å²) in [6.45, 7) is 4.77. The molecule has 18 heavy (non-hydrogen) atoms. The first kappa shape index (κ1) is 12.5. The Kier molecular flexibility index (Phi) is 3.32. The summed E-state index contributed by atoms with van der Waals surface area (Å²) in [6.07, 6.45) is 1.64. The number of nitrogen functional groups attached to an aromatic ring is 1. The molecule has 0 aliphatic rings. The van der Waals surface area contributed by atoms with Crippen molar-refractivity contribution >= 4 is 5.69 Å². The van der Waals surface area contributed by atoms with E-state index in [1.165, 1.54) is 0 Å². The molecule has 0 aliphatic heterocycles. The number of benzene rings is 1. The molecule has 0 saturated carbocycles. The molecule has 0 atom stereocenters. The fourth-order valence-corrected chi connectivity index (χ4v) is 1.79. The van der Waals surface area contributed by atoms with Crippen molar-refractivity contribution in [3.05, 3.63) is 36.0 Å². The molecule has 1 heterocycles. The van der Waals surface area contributed by atoms with Crippen LogP contribution in [0.2, 0.25) is 0 Å². The normalized spacial score (nSPS) is 11.2. The van der Waals surface area contributed by atoms with Crippen molar-refractivity contribution in [2.24, 2.45) is 5.92 Å². The maximum absolute atomic E-state index is 13.6. The van der Waals surface area contributed by atoms with Crippen LogP contribution in [0.25, 0.3) is 11.3 Å². The van der Waals surface area contributed by atoms with Gasteiger partial charge in [0.05, 0.1) is 5.69 Å². The van der Waals surface area contributed by atoms with Gasteiger partial charge in [-0.15, -0.1) is 0 Å². The molecule has 2 N–H and O–H groups in total. The van der Waals surface area contributed by atoms with Crippen molar-refractivity contribution < 1.29 is 8.78 Å². The zero-order valence-electron chi connectivity index (χ0n) is 10.3. The summed E-state index contributed by atoms with van der Waals surface area (Å²) in [5, 5.41) is 4.21. The zero-order chi connectivity index (χ0) is 13.3. The van der Waals surface area contributed by atoms with E-state index in [9.17, 15) is 8.78 Å². The Morgan fingerprint density at radius 1 is 1.33 bits per heavy atom. The Morgan fingerprint density at radius 3 is 2.72 bits per heavy atom. The summed E-state index contributed by atoms with van der Waals surface area (Å²) >= 11 is 0. The van der Waals surface area contributed by atoms with Gasteiger partial charge in [0.25, 0.3) is 0 Å². The van der Waals surface area contributed by atoms with E-state index < -0.39 is 11.6 Å². The van der Waals surface area contributed by atoms with Crippen LogP contribution in [0.5, 0.6) is 0 Å². The fraction of sp³-hybridized carbons (Fsp3) is 0.308. The van der Waals surface area contributed by atoms with Crippen molar-refractivity contribution in [3.63, 3.8) is 0 Å². The maximum Gasteiger partial charge on any atom is 0.132 e. The first-order valence-corrected chi connectivity index (χ1v) is 5.75. The molecule has 1 aromatic heterocycles. The van der Waals surface area contributed by atoms with Gasteiger partial charge in [-0.1, -0.05) is 13.8 Å². The lowest BCUT2D eigenvalue weighted by Crippen LogP contribution is -2.04. The van der Waals surface area contributed by atoms with E-state index in [1.54, 1.807) is 10.9 Å². The highest BCUT2D eigenvalue weighted by Crippen LogP contribution is 2.27. The van der Waals surface area contributed by atoms with Gasteiger partial charge in [-0.05, 0) is 24.1 Å². The van der Waals surface area contributed by atoms with Gasteiger partial charge in [-0.3, -0.25) is 4.68 Å². The van der Waals surface area contributed by atoms with E-state index in [-0.39, 0.29) is 11.3 Å². The molecular weight excluding hydrogens is 236 g/mol. The summed E-state index contributed by atoms with van der Waals surface area (Å²) in [5.74, 6) is -0.642. The molecule has 0 spiro atoms. The first-order valence-electron chi connectivity index (χ1n) is 5.75. The van der Waals surface area contributed by atoms with Crippen LogP contribution in [0.4, 0.5) is 14.5 Å². The van der Waals surface area contributed by atoms with Crippen molar-refractivity contribution in [1.82, 2.24) is 9.78 Å². The average molecular weight is 251 g/mol. The van der Waals surface area contributed by atoms with Crippen LogP contribution in [0.15, 0.2) is 24.4 Å². The lowest BCUT2D eigenvalue weighted by Gasteiger charge is -2.04. The number of nitrogens with zero attached hydrogens (tertiary/aromatic N) is 2. The maximum atomic E-state index is 13.6. The number of rotatable bonds is 3. The van der Waals surface area contributed by atoms with Gasteiger partial charge in [0.1, 0.15) is 17.3 Å². The van der Waals surface area contributed by atoms with E-state index >= 15 is 0 Å². The van der Waals surface area contributed by atoms with Gasteiger partial charge in [0.15, 0.2) is 0 Å². The van der Waals surface area contributed by atoms with Crippen molar-refractivity contribution in [3.8, 4) is 11.3 Å². The van der Waals surface area contributed by atoms with Crippen LogP contribution in [0, 0.1) is 17.6 Å². The molecule has 2 rings (SSSR count). The molecule has 5 heteroatoms. The largest absolute Gasteiger partial charge is 0.396 e. The topological polar surface area (TPSA) is 43.8 Å². The lowest BCUT2D eigenvalue weighted by molar-refractivity contribution is 0.484. The monoisotopic (exact) mass is 251 g/mol. The second kappa shape index (κ2) is 4.76. The number of hydrogen-bond acceptors (Lipinski definition) is 2. The molecule has 0 amide bonds. The molecule has 0 bridgehead atoms. The fourth-order valence-electron chi connectivity index (χ4n) is 1.79. The van der Waals surface area contributed by atoms with Crippen LogP contribution in [0.3, 0.4) is 0 Å². The van der Waals surface area contributed by atoms with Crippen molar-refractivity contribution in [1.29, 1.82) is 0 Å². The summed E-state index contributed by atoms with van der Waals surface area (Å²) < 4.78 is 28.4. The minimum absolute atomic E-state index is 0.0926. The number of halogens is 2. The molecule has 3 nitrogen and oxygen atoms in total. The summed E-state index contributed by atoms with van der Waals surface area (Å²) in [5.41, 5.74) is 6.52. The van der Waals surface area contributed by atoms with Gasteiger partial charge in [-0.25, -0.2) is 8.78 Å². The Bertz CT molecular complexity index is 561. The van der Waals surface area contributed by atoms with Gasteiger partial charge in [-0.2, -0.15) is 5.10 Å². The summed E-state index contributed by atoms with van der Waals surface area (Å²) in [7, 11) is 0. The van der Waals surface area contributed by atoms with Gasteiger partial charge >= 0.3 is 0 Å². The third-order valence-corrected chi connectivity index (χ3v) is 2.53. The molecule has 0 aliphatic carbocycles. The lowest BCUT2D eigenvalue weighted by atomic mass is 10.1. The van der Waals surface area contributed by atoms with E-state index in [2.05, 4.69) is 5.10 Å². The van der Waals surface area contributed by atoms with Crippen LogP contribution in [-0.4, -0.2) is 9.78 Å². The number of anilines is 1. The Balaban J connectivity index is 2.44. The van der Waals surface area contributed by atoms with Crippen molar-refractivity contribution in [2.45, 2.75) is 20.4 Å². The van der Waals surface area contributed by atoms with E-state index in [0.29, 0.717) is 18.2 Å². The van der Waals surface area contributed by atoms with E-state index in [1.807, 2.05) is 13.8 Å². The van der Waals surface area contributed by atoms with E-state index in [4.69, 9.17) is 5.73 Å². The van der Waals surface area contributed by atoms with Crippen LogP contribution in [0.1, 0.15) is 13.8 Å². The minimum Gasteiger partial charge on any atom is -0.396 e. The molecular formula is C13H15F2N3. The molecule has 2 aromatic rings. The molecule has 0 saturated heterocycles. The molecule has 96 valence electrons. The van der Waals surface area contributed by atoms with Crippen LogP contribution in [-0.2, 0) is 6.54 Å². The second-order valence-corrected chi connectivity index (χ2v) is 4.67. The average Bonchev–Trinajstić information content (AvgIpc) is 2.62. The quantitative estimate of drug-likeness (QED) is 0.911. The Labute approximate surface area is 104 Å². The molecule has 0 radical (unpaired) electrons. The van der Waals surface area contributed by atoms with Gasteiger partial charge < -0.3 is 5.73 Å².